The molecule has 0 bridgehead atoms. The summed E-state index contributed by atoms with van der Waals surface area (Å²) < 4.78 is 15.7. The zero-order valence-corrected chi connectivity index (χ0v) is 26.1. The van der Waals surface area contributed by atoms with Crippen molar-refractivity contribution in [2.45, 2.75) is 45.4 Å². The summed E-state index contributed by atoms with van der Waals surface area (Å²) in [7, 11) is 3.18. The van der Waals surface area contributed by atoms with Gasteiger partial charge in [0, 0.05) is 25.7 Å². The van der Waals surface area contributed by atoms with Crippen molar-refractivity contribution >= 4 is 23.0 Å². The molecular weight excluding hydrogens is 572 g/mol. The minimum absolute atomic E-state index is 0.0326. The number of para-hydroxylation sites is 2. The Labute approximate surface area is 260 Å². The number of carbonyl (C=O) groups is 2. The molecule has 0 unspecified atom stereocenters. The molecule has 4 heterocycles. The van der Waals surface area contributed by atoms with E-state index in [9.17, 15) is 14.4 Å². The molecule has 11 heteroatoms. The Bertz CT molecular complexity index is 1930. The molecule has 0 saturated carbocycles. The van der Waals surface area contributed by atoms with Crippen LogP contribution in [0.1, 0.15) is 59.9 Å². The van der Waals surface area contributed by atoms with E-state index in [1.807, 2.05) is 80.9 Å². The number of methoxy groups -OCH3 is 1. The van der Waals surface area contributed by atoms with Gasteiger partial charge in [0.25, 0.3) is 0 Å². The van der Waals surface area contributed by atoms with E-state index >= 15 is 0 Å². The number of aromatic nitrogens is 5. The minimum Gasteiger partial charge on any atom is -0.465 e. The van der Waals surface area contributed by atoms with E-state index in [2.05, 4.69) is 14.9 Å². The van der Waals surface area contributed by atoms with Gasteiger partial charge in [0.2, 0.25) is 0 Å². The van der Waals surface area contributed by atoms with E-state index in [4.69, 9.17) is 9.47 Å². The van der Waals surface area contributed by atoms with Gasteiger partial charge in [-0.3, -0.25) is 19.0 Å². The number of rotatable bonds is 7. The Balaban J connectivity index is 1.23. The summed E-state index contributed by atoms with van der Waals surface area (Å²) in [5.41, 5.74) is 4.08. The molecule has 1 aliphatic rings. The quantitative estimate of drug-likeness (QED) is 0.243. The van der Waals surface area contributed by atoms with E-state index < -0.39 is 17.5 Å². The van der Waals surface area contributed by atoms with Crippen LogP contribution in [0.15, 0.2) is 77.9 Å². The Hall–Kier alpha value is -5.03. The first-order valence-corrected chi connectivity index (χ1v) is 14.9. The molecule has 1 aliphatic heterocycles. The highest BCUT2D eigenvalue weighted by molar-refractivity contribution is 5.90. The van der Waals surface area contributed by atoms with Crippen LogP contribution in [0.4, 0.5) is 0 Å². The second-order valence-electron chi connectivity index (χ2n) is 12.2. The van der Waals surface area contributed by atoms with E-state index in [1.54, 1.807) is 33.7 Å². The highest BCUT2D eigenvalue weighted by Gasteiger charge is 2.30. The van der Waals surface area contributed by atoms with E-state index in [1.165, 1.54) is 7.11 Å². The average Bonchev–Trinajstić information content (AvgIpc) is 3.71. The average molecular weight is 609 g/mol. The first kappa shape index (κ1) is 30.0. The number of carbonyl (C=O) groups excluding carboxylic acids is 2. The van der Waals surface area contributed by atoms with Gasteiger partial charge in [-0.1, -0.05) is 24.3 Å². The zero-order valence-electron chi connectivity index (χ0n) is 26.1. The minimum atomic E-state index is -0.590. The third kappa shape index (κ3) is 5.91. The van der Waals surface area contributed by atoms with Crippen LogP contribution >= 0.6 is 0 Å². The monoisotopic (exact) mass is 608 g/mol. The third-order valence-corrected chi connectivity index (χ3v) is 8.06. The van der Waals surface area contributed by atoms with Crippen LogP contribution in [-0.2, 0) is 23.1 Å². The fourth-order valence-electron chi connectivity index (χ4n) is 5.84. The van der Waals surface area contributed by atoms with Crippen molar-refractivity contribution in [3.05, 3.63) is 101 Å². The molecular formula is C34H36N6O5. The van der Waals surface area contributed by atoms with Crippen molar-refractivity contribution in [3.63, 3.8) is 0 Å². The molecule has 1 atom stereocenters. The molecule has 6 rings (SSSR count). The maximum Gasteiger partial charge on any atom is 0.357 e. The van der Waals surface area contributed by atoms with E-state index in [-0.39, 0.29) is 11.7 Å². The van der Waals surface area contributed by atoms with Gasteiger partial charge in [-0.2, -0.15) is 0 Å². The third-order valence-electron chi connectivity index (χ3n) is 8.06. The molecule has 2 aromatic carbocycles. The number of likely N-dealkylation sites (tertiary alicyclic amines) is 1. The van der Waals surface area contributed by atoms with Crippen molar-refractivity contribution in [3.8, 4) is 16.9 Å². The van der Waals surface area contributed by atoms with Crippen molar-refractivity contribution in [1.82, 2.24) is 28.6 Å². The van der Waals surface area contributed by atoms with Crippen LogP contribution in [0.2, 0.25) is 0 Å². The highest BCUT2D eigenvalue weighted by atomic mass is 16.6. The first-order chi connectivity index (χ1) is 21.5. The number of hydrogen-bond donors (Lipinski definition) is 0. The summed E-state index contributed by atoms with van der Waals surface area (Å²) in [6, 6.07) is 18.6. The van der Waals surface area contributed by atoms with Crippen molar-refractivity contribution in [1.29, 1.82) is 0 Å². The molecule has 0 spiro atoms. The Morgan fingerprint density at radius 3 is 2.33 bits per heavy atom. The van der Waals surface area contributed by atoms with Gasteiger partial charge in [0.1, 0.15) is 17.1 Å². The molecule has 45 heavy (non-hydrogen) atoms. The number of esters is 2. The van der Waals surface area contributed by atoms with Crippen LogP contribution in [0, 0.1) is 0 Å². The number of fused-ring (bicyclic) bond motifs is 1. The Morgan fingerprint density at radius 2 is 1.67 bits per heavy atom. The van der Waals surface area contributed by atoms with Crippen LogP contribution in [-0.4, -0.2) is 66.3 Å². The van der Waals surface area contributed by atoms with Gasteiger partial charge in [-0.15, -0.1) is 0 Å². The number of benzene rings is 2. The number of hydrogen-bond acceptors (Lipinski definition) is 8. The predicted octanol–water partition coefficient (Wildman–Crippen LogP) is 4.78. The lowest BCUT2D eigenvalue weighted by molar-refractivity contribution is 0.00581. The SMILES string of the molecule is COC(=O)c1ccc(-c2ccc(-n3c(=O)n([C@H]4CCN(Cc5ncc(C(=O)OC(C)(C)C)n5C)C4)c4ccccc43)cn2)cc1. The van der Waals surface area contributed by atoms with E-state index in [0.29, 0.717) is 30.0 Å². The second-order valence-corrected chi connectivity index (χ2v) is 12.2. The molecule has 11 nitrogen and oxygen atoms in total. The Kier molecular flexibility index (Phi) is 7.88. The molecule has 0 N–H and O–H groups in total. The first-order valence-electron chi connectivity index (χ1n) is 14.9. The summed E-state index contributed by atoms with van der Waals surface area (Å²) >= 11 is 0. The molecule has 0 aliphatic carbocycles. The van der Waals surface area contributed by atoms with Gasteiger partial charge in [0.05, 0.1) is 60.1 Å². The fourth-order valence-corrected chi connectivity index (χ4v) is 5.84. The number of ether oxygens (including phenoxy) is 2. The van der Waals surface area contributed by atoms with Gasteiger partial charge in [0.15, 0.2) is 0 Å². The molecule has 5 aromatic rings. The lowest BCUT2D eigenvalue weighted by Gasteiger charge is -2.20. The molecule has 1 saturated heterocycles. The van der Waals surface area contributed by atoms with Gasteiger partial charge in [-0.05, 0) is 63.6 Å². The Morgan fingerprint density at radius 1 is 0.933 bits per heavy atom. The van der Waals surface area contributed by atoms with Crippen molar-refractivity contribution < 1.29 is 19.1 Å². The zero-order chi connectivity index (χ0) is 31.9. The number of imidazole rings is 2. The number of nitrogens with zero attached hydrogens (tertiary/aromatic N) is 6. The van der Waals surface area contributed by atoms with Crippen LogP contribution in [0.5, 0.6) is 0 Å². The smallest absolute Gasteiger partial charge is 0.357 e. The van der Waals surface area contributed by atoms with Crippen molar-refractivity contribution in [2.24, 2.45) is 7.05 Å². The van der Waals surface area contributed by atoms with Gasteiger partial charge >= 0.3 is 17.6 Å². The molecule has 0 amide bonds. The summed E-state index contributed by atoms with van der Waals surface area (Å²) in [5.74, 6) is -0.0336. The summed E-state index contributed by atoms with van der Waals surface area (Å²) in [6.45, 7) is 7.52. The highest BCUT2D eigenvalue weighted by Crippen LogP contribution is 2.28. The normalized spacial score (nSPS) is 15.4. The summed E-state index contributed by atoms with van der Waals surface area (Å²) in [6.07, 6.45) is 4.06. The largest absolute Gasteiger partial charge is 0.465 e. The lowest BCUT2D eigenvalue weighted by atomic mass is 10.1. The van der Waals surface area contributed by atoms with Gasteiger partial charge in [-0.25, -0.2) is 19.4 Å². The molecule has 232 valence electrons. The fraction of sp³-hybridized carbons (Fsp3) is 0.324. The number of pyridine rings is 1. The maximum atomic E-state index is 14.0. The maximum absolute atomic E-state index is 14.0. The van der Waals surface area contributed by atoms with Crippen LogP contribution in [0.25, 0.3) is 28.0 Å². The summed E-state index contributed by atoms with van der Waals surface area (Å²) in [5, 5.41) is 0. The lowest BCUT2D eigenvalue weighted by Crippen LogP contribution is -2.29. The standard InChI is InChI=1S/C34H36N6O5/c1-34(2,3)45-32(42)29-19-36-30(37(29)4)21-38-17-16-25(20-38)40-28-9-7-6-8-27(28)39(33(40)43)24-14-15-26(35-18-24)22-10-12-23(13-11-22)31(41)44-5/h6-15,18-19,25H,16-17,20-21H2,1-5H3/t25-/m0/s1. The van der Waals surface area contributed by atoms with Crippen LogP contribution in [0.3, 0.4) is 0 Å². The second kappa shape index (κ2) is 11.8. The van der Waals surface area contributed by atoms with E-state index in [0.717, 1.165) is 41.1 Å². The van der Waals surface area contributed by atoms with Crippen molar-refractivity contribution in [2.75, 3.05) is 20.2 Å². The predicted molar refractivity (Wildman–Crippen MR) is 169 cm³/mol. The summed E-state index contributed by atoms with van der Waals surface area (Å²) in [4.78, 5) is 49.8. The topological polar surface area (TPSA) is 113 Å². The molecule has 0 radical (unpaired) electrons. The van der Waals surface area contributed by atoms with Gasteiger partial charge < -0.3 is 14.0 Å². The van der Waals surface area contributed by atoms with Crippen LogP contribution < -0.4 is 5.69 Å². The molecule has 3 aromatic heterocycles. The molecule has 1 fully saturated rings.